The third-order valence-corrected chi connectivity index (χ3v) is 3.60. The molecule has 0 bridgehead atoms. The quantitative estimate of drug-likeness (QED) is 0.400. The summed E-state index contributed by atoms with van der Waals surface area (Å²) in [5.41, 5.74) is 8.16. The molecule has 130 valence electrons. The molecule has 0 aliphatic heterocycles. The smallest absolute Gasteiger partial charge is 0.269 e. The molecule has 2 aromatic carbocycles. The molecule has 0 aliphatic carbocycles. The first-order valence-corrected chi connectivity index (χ1v) is 7.80. The van der Waals surface area contributed by atoms with Crippen LogP contribution in [0.3, 0.4) is 0 Å². The fraction of sp³-hybridized carbons (Fsp3) is 0.0556. The van der Waals surface area contributed by atoms with Gasteiger partial charge in [-0.05, 0) is 23.3 Å². The lowest BCUT2D eigenvalue weighted by atomic mass is 10.2. The fourth-order valence-electron chi connectivity index (χ4n) is 2.25. The van der Waals surface area contributed by atoms with Crippen molar-refractivity contribution >= 4 is 29.2 Å². The zero-order valence-corrected chi connectivity index (χ0v) is 13.7. The average Bonchev–Trinajstić information content (AvgIpc) is 2.67. The lowest BCUT2D eigenvalue weighted by Crippen LogP contribution is -2.04. The summed E-state index contributed by atoms with van der Waals surface area (Å²) in [5, 5.41) is 13.9. The molecule has 0 atom stereocenters. The van der Waals surface area contributed by atoms with E-state index in [9.17, 15) is 10.1 Å². The van der Waals surface area contributed by atoms with Crippen LogP contribution in [-0.2, 0) is 6.54 Å². The second-order valence-electron chi connectivity index (χ2n) is 5.40. The summed E-state index contributed by atoms with van der Waals surface area (Å²) in [6.45, 7) is 0.567. The largest absolute Gasteiger partial charge is 0.382 e. The number of aromatic nitrogens is 2. The van der Waals surface area contributed by atoms with Crippen molar-refractivity contribution in [3.05, 3.63) is 82.2 Å². The highest BCUT2D eigenvalue weighted by molar-refractivity contribution is 5.86. The van der Waals surface area contributed by atoms with Crippen molar-refractivity contribution in [1.29, 1.82) is 0 Å². The molecule has 0 fully saturated rings. The van der Waals surface area contributed by atoms with Gasteiger partial charge in [0, 0.05) is 24.9 Å². The Labute approximate surface area is 149 Å². The van der Waals surface area contributed by atoms with Gasteiger partial charge in [-0.15, -0.1) is 0 Å². The maximum atomic E-state index is 10.7. The van der Waals surface area contributed by atoms with E-state index in [0.717, 1.165) is 5.56 Å². The number of nitrogen functional groups attached to an aromatic ring is 1. The molecule has 3 rings (SSSR count). The number of hydrogen-bond donors (Lipinski definition) is 2. The Hall–Kier alpha value is -3.81. The molecule has 0 unspecified atom stereocenters. The van der Waals surface area contributed by atoms with Gasteiger partial charge >= 0.3 is 0 Å². The first-order valence-electron chi connectivity index (χ1n) is 7.80. The first kappa shape index (κ1) is 17.0. The van der Waals surface area contributed by atoms with E-state index >= 15 is 0 Å². The standard InChI is InChI=1S/C18H16N6O2/c19-17-16(20-10-14-6-8-15(9-7-14)24(25)26)18(23-12-22-17)21-11-13-4-2-1-3-5-13/h1-10,12H,11H2,(H3,19,21,22,23). The molecule has 0 spiro atoms. The molecule has 8 heteroatoms. The number of nitro groups is 1. The maximum absolute atomic E-state index is 10.7. The van der Waals surface area contributed by atoms with Crippen molar-refractivity contribution in [2.45, 2.75) is 6.54 Å². The van der Waals surface area contributed by atoms with Gasteiger partial charge in [-0.25, -0.2) is 15.0 Å². The molecule has 1 aromatic heterocycles. The number of rotatable bonds is 6. The van der Waals surface area contributed by atoms with Crippen LogP contribution in [0.2, 0.25) is 0 Å². The Kier molecular flexibility index (Phi) is 5.14. The van der Waals surface area contributed by atoms with Gasteiger partial charge in [0.05, 0.1) is 4.92 Å². The van der Waals surface area contributed by atoms with Crippen LogP contribution in [0.25, 0.3) is 0 Å². The van der Waals surface area contributed by atoms with Crippen molar-refractivity contribution in [2.75, 3.05) is 11.1 Å². The Bertz CT molecular complexity index is 926. The predicted octanol–water partition coefficient (Wildman–Crippen LogP) is 3.33. The highest BCUT2D eigenvalue weighted by Gasteiger charge is 2.08. The van der Waals surface area contributed by atoms with Crippen molar-refractivity contribution < 1.29 is 4.92 Å². The molecule has 26 heavy (non-hydrogen) atoms. The van der Waals surface area contributed by atoms with Crippen molar-refractivity contribution in [3.8, 4) is 0 Å². The second kappa shape index (κ2) is 7.84. The number of anilines is 2. The van der Waals surface area contributed by atoms with Crippen LogP contribution in [0.4, 0.5) is 23.0 Å². The number of benzene rings is 2. The lowest BCUT2D eigenvalue weighted by Gasteiger charge is -2.09. The van der Waals surface area contributed by atoms with E-state index in [1.54, 1.807) is 18.3 Å². The molecular formula is C18H16N6O2. The van der Waals surface area contributed by atoms with Crippen LogP contribution >= 0.6 is 0 Å². The number of nitrogens with zero attached hydrogens (tertiary/aromatic N) is 4. The summed E-state index contributed by atoms with van der Waals surface area (Å²) in [6, 6.07) is 15.9. The topological polar surface area (TPSA) is 119 Å². The molecule has 3 N–H and O–H groups in total. The number of nitrogens with one attached hydrogen (secondary N) is 1. The summed E-state index contributed by atoms with van der Waals surface area (Å²) in [4.78, 5) is 22.8. The predicted molar refractivity (Wildman–Crippen MR) is 101 cm³/mol. The van der Waals surface area contributed by atoms with Crippen LogP contribution in [0.15, 0.2) is 65.9 Å². The number of non-ortho nitro benzene ring substituents is 1. The molecule has 0 aliphatic rings. The van der Waals surface area contributed by atoms with Gasteiger partial charge in [-0.3, -0.25) is 10.1 Å². The first-order chi connectivity index (χ1) is 12.6. The third-order valence-electron chi connectivity index (χ3n) is 3.60. The number of nitro benzene ring substituents is 1. The van der Waals surface area contributed by atoms with Crippen molar-refractivity contribution in [1.82, 2.24) is 9.97 Å². The molecule has 0 amide bonds. The maximum Gasteiger partial charge on any atom is 0.269 e. The monoisotopic (exact) mass is 348 g/mol. The summed E-state index contributed by atoms with van der Waals surface area (Å²) in [6.07, 6.45) is 2.93. The molecule has 0 saturated heterocycles. The highest BCUT2D eigenvalue weighted by Crippen LogP contribution is 2.27. The van der Waals surface area contributed by atoms with E-state index in [1.807, 2.05) is 30.3 Å². The van der Waals surface area contributed by atoms with Crippen molar-refractivity contribution in [3.63, 3.8) is 0 Å². The van der Waals surface area contributed by atoms with Crippen LogP contribution in [0.1, 0.15) is 11.1 Å². The molecule has 3 aromatic rings. The second-order valence-corrected chi connectivity index (χ2v) is 5.40. The molecule has 8 nitrogen and oxygen atoms in total. The summed E-state index contributed by atoms with van der Waals surface area (Å²) in [5.74, 6) is 0.758. The van der Waals surface area contributed by atoms with Crippen LogP contribution in [-0.4, -0.2) is 21.1 Å². The zero-order valence-electron chi connectivity index (χ0n) is 13.7. The lowest BCUT2D eigenvalue weighted by molar-refractivity contribution is -0.384. The van der Waals surface area contributed by atoms with E-state index in [4.69, 9.17) is 5.73 Å². The number of hydrogen-bond acceptors (Lipinski definition) is 7. The SMILES string of the molecule is Nc1ncnc(NCc2ccccc2)c1N=Cc1ccc([N+](=O)[O-])cc1. The van der Waals surface area contributed by atoms with Gasteiger partial charge in [-0.1, -0.05) is 30.3 Å². The minimum Gasteiger partial charge on any atom is -0.382 e. The van der Waals surface area contributed by atoms with Gasteiger partial charge in [0.1, 0.15) is 12.0 Å². The molecular weight excluding hydrogens is 332 g/mol. The molecule has 0 radical (unpaired) electrons. The Morgan fingerprint density at radius 3 is 2.54 bits per heavy atom. The molecule has 1 heterocycles. The Balaban J connectivity index is 1.79. The zero-order chi connectivity index (χ0) is 18.4. The molecule has 0 saturated carbocycles. The highest BCUT2D eigenvalue weighted by atomic mass is 16.6. The minimum absolute atomic E-state index is 0.0231. The number of aliphatic imine (C=N–C) groups is 1. The summed E-state index contributed by atoms with van der Waals surface area (Å²) in [7, 11) is 0. The van der Waals surface area contributed by atoms with Gasteiger partial charge in [0.2, 0.25) is 0 Å². The normalized spacial score (nSPS) is 10.8. The van der Waals surface area contributed by atoms with E-state index in [1.165, 1.54) is 18.5 Å². The van der Waals surface area contributed by atoms with E-state index in [0.29, 0.717) is 23.6 Å². The summed E-state index contributed by atoms with van der Waals surface area (Å²) < 4.78 is 0. The minimum atomic E-state index is -0.449. The van der Waals surface area contributed by atoms with Gasteiger partial charge in [0.15, 0.2) is 11.6 Å². The van der Waals surface area contributed by atoms with E-state index < -0.39 is 4.92 Å². The van der Waals surface area contributed by atoms with E-state index in [-0.39, 0.29) is 11.5 Å². The van der Waals surface area contributed by atoms with Gasteiger partial charge in [-0.2, -0.15) is 0 Å². The third kappa shape index (κ3) is 4.18. The van der Waals surface area contributed by atoms with Gasteiger partial charge < -0.3 is 11.1 Å². The van der Waals surface area contributed by atoms with Crippen LogP contribution in [0.5, 0.6) is 0 Å². The Morgan fingerprint density at radius 1 is 1.12 bits per heavy atom. The average molecular weight is 348 g/mol. The van der Waals surface area contributed by atoms with Crippen molar-refractivity contribution in [2.24, 2.45) is 4.99 Å². The summed E-state index contributed by atoms with van der Waals surface area (Å²) >= 11 is 0. The Morgan fingerprint density at radius 2 is 1.85 bits per heavy atom. The van der Waals surface area contributed by atoms with Crippen LogP contribution < -0.4 is 11.1 Å². The van der Waals surface area contributed by atoms with Crippen LogP contribution in [0, 0.1) is 10.1 Å². The number of nitrogens with two attached hydrogens (primary N) is 1. The van der Waals surface area contributed by atoms with Gasteiger partial charge in [0.25, 0.3) is 5.69 Å². The fourth-order valence-corrected chi connectivity index (χ4v) is 2.25. The van der Waals surface area contributed by atoms with E-state index in [2.05, 4.69) is 20.3 Å².